The largest absolute Gasteiger partial charge is 0.381 e. The Kier molecular flexibility index (Phi) is 6.97. The van der Waals surface area contributed by atoms with E-state index in [1.807, 2.05) is 6.92 Å². The highest BCUT2D eigenvalue weighted by molar-refractivity contribution is 7.92. The van der Waals surface area contributed by atoms with Gasteiger partial charge >= 0.3 is 0 Å². The molecule has 1 aliphatic rings. The Labute approximate surface area is 218 Å². The number of H-pyrrole nitrogens is 1. The number of sulfonamides is 1. The number of aromatic amines is 1. The van der Waals surface area contributed by atoms with Crippen molar-refractivity contribution in [1.29, 1.82) is 5.26 Å². The van der Waals surface area contributed by atoms with Gasteiger partial charge in [0.05, 0.1) is 26.7 Å². The van der Waals surface area contributed by atoms with Crippen molar-refractivity contribution in [1.82, 2.24) is 15.3 Å². The standard InChI is InChI=1S/C26H25N5O4S2/c1-16-2-7-21(24-23(16)19(12-27)14-28-24)31-37(33,34)20-5-3-17(4-6-20)13-29-25(32)22-15-36-26(30-22)18-8-10-35-11-9-18/h2-7,14-15,18,28,31H,8-11,13H2,1H3,(H,29,32). The van der Waals surface area contributed by atoms with Crippen LogP contribution in [0.2, 0.25) is 0 Å². The summed E-state index contributed by atoms with van der Waals surface area (Å²) in [6.07, 6.45) is 3.40. The summed E-state index contributed by atoms with van der Waals surface area (Å²) in [6, 6.07) is 11.9. The Morgan fingerprint density at radius 3 is 2.70 bits per heavy atom. The van der Waals surface area contributed by atoms with E-state index in [1.54, 1.807) is 35.8 Å². The number of carbonyl (C=O) groups is 1. The average molecular weight is 536 g/mol. The smallest absolute Gasteiger partial charge is 0.271 e. The molecule has 11 heteroatoms. The Bertz CT molecular complexity index is 1590. The summed E-state index contributed by atoms with van der Waals surface area (Å²) in [5.74, 6) is 0.0730. The maximum atomic E-state index is 13.0. The molecule has 190 valence electrons. The zero-order valence-electron chi connectivity index (χ0n) is 20.1. The van der Waals surface area contributed by atoms with Crippen LogP contribution in [0.5, 0.6) is 0 Å². The molecule has 0 atom stereocenters. The summed E-state index contributed by atoms with van der Waals surface area (Å²) in [5, 5.41) is 15.6. The third kappa shape index (κ3) is 5.22. The van der Waals surface area contributed by atoms with Gasteiger partial charge in [-0.2, -0.15) is 5.26 Å². The number of nitrogens with zero attached hydrogens (tertiary/aromatic N) is 2. The van der Waals surface area contributed by atoms with E-state index in [1.165, 1.54) is 23.5 Å². The lowest BCUT2D eigenvalue weighted by Gasteiger charge is -2.19. The second-order valence-corrected chi connectivity index (χ2v) is 11.5. The van der Waals surface area contributed by atoms with E-state index in [-0.39, 0.29) is 17.3 Å². The molecule has 3 heterocycles. The number of hydrogen-bond acceptors (Lipinski definition) is 7. The van der Waals surface area contributed by atoms with Crippen molar-refractivity contribution in [2.75, 3.05) is 17.9 Å². The Hall–Kier alpha value is -3.72. The van der Waals surface area contributed by atoms with Crippen LogP contribution in [0.4, 0.5) is 5.69 Å². The van der Waals surface area contributed by atoms with E-state index < -0.39 is 10.0 Å². The van der Waals surface area contributed by atoms with Crippen molar-refractivity contribution >= 4 is 43.9 Å². The fourth-order valence-electron chi connectivity index (χ4n) is 4.38. The molecule has 1 amide bonds. The van der Waals surface area contributed by atoms with E-state index in [0.29, 0.717) is 33.8 Å². The van der Waals surface area contributed by atoms with Gasteiger partial charge in [0.15, 0.2) is 0 Å². The number of aryl methyl sites for hydroxylation is 1. The van der Waals surface area contributed by atoms with E-state index in [4.69, 9.17) is 4.74 Å². The molecule has 0 spiro atoms. The first-order chi connectivity index (χ1) is 17.9. The van der Waals surface area contributed by atoms with Crippen molar-refractivity contribution in [3.63, 3.8) is 0 Å². The monoisotopic (exact) mass is 535 g/mol. The highest BCUT2D eigenvalue weighted by Gasteiger charge is 2.21. The minimum atomic E-state index is -3.87. The lowest BCUT2D eigenvalue weighted by atomic mass is 10.0. The van der Waals surface area contributed by atoms with Crippen LogP contribution in [0.25, 0.3) is 10.9 Å². The summed E-state index contributed by atoms with van der Waals surface area (Å²) in [6.45, 7) is 3.55. The zero-order chi connectivity index (χ0) is 26.0. The fraction of sp³-hybridized carbons (Fsp3) is 0.269. The van der Waals surface area contributed by atoms with Crippen LogP contribution in [0, 0.1) is 18.3 Å². The number of carbonyl (C=O) groups excluding carboxylic acids is 1. The summed E-state index contributed by atoms with van der Waals surface area (Å²) < 4.78 is 34.1. The van der Waals surface area contributed by atoms with Gasteiger partial charge in [-0.05, 0) is 49.1 Å². The zero-order valence-corrected chi connectivity index (χ0v) is 21.7. The molecule has 5 rings (SSSR count). The summed E-state index contributed by atoms with van der Waals surface area (Å²) in [5.41, 5.74) is 3.40. The number of fused-ring (bicyclic) bond motifs is 1. The number of thiazole rings is 1. The number of rotatable bonds is 7. The first-order valence-electron chi connectivity index (χ1n) is 11.8. The number of aromatic nitrogens is 2. The molecule has 1 aliphatic heterocycles. The molecular weight excluding hydrogens is 510 g/mol. The van der Waals surface area contributed by atoms with E-state index in [2.05, 4.69) is 26.1 Å². The SMILES string of the molecule is Cc1ccc(NS(=O)(=O)c2ccc(CNC(=O)c3csc(C4CCOCC4)n3)cc2)c2[nH]cc(C#N)c12. The third-order valence-electron chi connectivity index (χ3n) is 6.42. The molecule has 0 saturated carbocycles. The molecule has 1 fully saturated rings. The second kappa shape index (κ2) is 10.3. The second-order valence-electron chi connectivity index (χ2n) is 8.88. The molecule has 4 aromatic rings. The van der Waals surface area contributed by atoms with E-state index >= 15 is 0 Å². The van der Waals surface area contributed by atoms with Crippen molar-refractivity contribution < 1.29 is 17.9 Å². The van der Waals surface area contributed by atoms with Crippen LogP contribution in [0.3, 0.4) is 0 Å². The molecule has 0 radical (unpaired) electrons. The lowest BCUT2D eigenvalue weighted by Crippen LogP contribution is -2.23. The van der Waals surface area contributed by atoms with Gasteiger partial charge in [0.25, 0.3) is 15.9 Å². The first kappa shape index (κ1) is 25.0. The lowest BCUT2D eigenvalue weighted by molar-refractivity contribution is 0.0851. The summed E-state index contributed by atoms with van der Waals surface area (Å²) in [4.78, 5) is 20.2. The van der Waals surface area contributed by atoms with E-state index in [0.717, 1.165) is 42.2 Å². The summed E-state index contributed by atoms with van der Waals surface area (Å²) >= 11 is 1.50. The number of hydrogen-bond donors (Lipinski definition) is 3. The first-order valence-corrected chi connectivity index (χ1v) is 14.2. The van der Waals surface area contributed by atoms with Crippen LogP contribution in [-0.4, -0.2) is 37.5 Å². The fourth-order valence-corrected chi connectivity index (χ4v) is 6.42. The Morgan fingerprint density at radius 1 is 1.22 bits per heavy atom. The predicted octanol–water partition coefficient (Wildman–Crippen LogP) is 4.43. The molecule has 2 aromatic carbocycles. The predicted molar refractivity (Wildman–Crippen MR) is 141 cm³/mol. The number of anilines is 1. The van der Waals surface area contributed by atoms with Crippen LogP contribution >= 0.6 is 11.3 Å². The van der Waals surface area contributed by atoms with E-state index in [9.17, 15) is 18.5 Å². The molecule has 3 N–H and O–H groups in total. The van der Waals surface area contributed by atoms with Crippen molar-refractivity contribution in [2.45, 2.75) is 37.1 Å². The van der Waals surface area contributed by atoms with Crippen molar-refractivity contribution in [3.8, 4) is 6.07 Å². The highest BCUT2D eigenvalue weighted by Crippen LogP contribution is 2.31. The van der Waals surface area contributed by atoms with Crippen LogP contribution in [0.1, 0.15) is 50.9 Å². The molecule has 0 aliphatic carbocycles. The third-order valence-corrected chi connectivity index (χ3v) is 8.81. The van der Waals surface area contributed by atoms with Gasteiger partial charge in [0.2, 0.25) is 0 Å². The molecule has 37 heavy (non-hydrogen) atoms. The quantitative estimate of drug-likeness (QED) is 0.320. The number of benzene rings is 2. The number of nitriles is 1. The number of amides is 1. The molecular formula is C26H25N5O4S2. The molecule has 0 bridgehead atoms. The topological polar surface area (TPSA) is 137 Å². The minimum Gasteiger partial charge on any atom is -0.381 e. The van der Waals surface area contributed by atoms with Crippen LogP contribution < -0.4 is 10.0 Å². The average Bonchev–Trinajstić information content (AvgIpc) is 3.58. The van der Waals surface area contributed by atoms with Gasteiger partial charge in [0.1, 0.15) is 11.8 Å². The van der Waals surface area contributed by atoms with Gasteiger partial charge in [-0.15, -0.1) is 11.3 Å². The minimum absolute atomic E-state index is 0.0870. The maximum Gasteiger partial charge on any atom is 0.271 e. The molecule has 1 saturated heterocycles. The van der Waals surface area contributed by atoms with Crippen LogP contribution in [-0.2, 0) is 21.3 Å². The maximum absolute atomic E-state index is 13.0. The molecule has 9 nitrogen and oxygen atoms in total. The number of ether oxygens (including phenoxy) is 1. The van der Waals surface area contributed by atoms with Gasteiger partial charge < -0.3 is 15.0 Å². The normalized spacial score (nSPS) is 14.4. The molecule has 2 aromatic heterocycles. The van der Waals surface area contributed by atoms with Crippen molar-refractivity contribution in [3.05, 3.63) is 75.4 Å². The van der Waals surface area contributed by atoms with Gasteiger partial charge in [-0.1, -0.05) is 18.2 Å². The van der Waals surface area contributed by atoms with Crippen LogP contribution in [0.15, 0.2) is 52.9 Å². The highest BCUT2D eigenvalue weighted by atomic mass is 32.2. The van der Waals surface area contributed by atoms with Gasteiger partial charge in [0, 0.05) is 42.6 Å². The van der Waals surface area contributed by atoms with Gasteiger partial charge in [-0.3, -0.25) is 9.52 Å². The summed E-state index contributed by atoms with van der Waals surface area (Å²) in [7, 11) is -3.87. The number of nitrogens with one attached hydrogen (secondary N) is 3. The van der Waals surface area contributed by atoms with Crippen molar-refractivity contribution in [2.24, 2.45) is 0 Å². The molecule has 0 unspecified atom stereocenters. The van der Waals surface area contributed by atoms with Gasteiger partial charge in [-0.25, -0.2) is 13.4 Å². The Morgan fingerprint density at radius 2 is 1.97 bits per heavy atom. The Balaban J connectivity index is 1.24.